The number of pyridine rings is 1. The summed E-state index contributed by atoms with van der Waals surface area (Å²) >= 11 is -0.489. The van der Waals surface area contributed by atoms with Gasteiger partial charge in [0.05, 0.1) is 0 Å². The Labute approximate surface area is 236 Å². The summed E-state index contributed by atoms with van der Waals surface area (Å²) in [6.45, 7) is 5.95. The zero-order valence-corrected chi connectivity index (χ0v) is 25.0. The van der Waals surface area contributed by atoms with Gasteiger partial charge in [-0.25, -0.2) is 0 Å². The first kappa shape index (κ1) is 28.1. The van der Waals surface area contributed by atoms with Crippen molar-refractivity contribution in [2.24, 2.45) is 13.0 Å². The van der Waals surface area contributed by atoms with Gasteiger partial charge in [-0.3, -0.25) is 0 Å². The number of carbonyl (C=O) groups is 1. The van der Waals surface area contributed by atoms with Crippen LogP contribution in [0.1, 0.15) is 56.6 Å². The Morgan fingerprint density at radius 2 is 1.95 bits per heavy atom. The number of benzene rings is 1. The average Bonchev–Trinajstić information content (AvgIpc) is 3.55. The molecule has 1 N–H and O–H groups in total. The Morgan fingerprint density at radius 1 is 1.21 bits per heavy atom. The van der Waals surface area contributed by atoms with Crippen LogP contribution in [0.4, 0.5) is 0 Å². The van der Waals surface area contributed by atoms with E-state index in [0.717, 1.165) is 91.5 Å². The first-order valence-electron chi connectivity index (χ1n) is 14.1. The average molecular weight is 597 g/mol. The number of carbonyl (C=O) groups excluding carboxylic acids is 1. The fourth-order valence-electron chi connectivity index (χ4n) is 5.73. The number of fused-ring (bicyclic) bond motifs is 1. The topological polar surface area (TPSA) is 95.6 Å². The molecule has 0 spiro atoms. The third-order valence-electron chi connectivity index (χ3n) is 7.97. The molecular weight excluding hydrogens is 557 g/mol. The zero-order valence-electron chi connectivity index (χ0n) is 23.1. The van der Waals surface area contributed by atoms with Crippen molar-refractivity contribution in [2.45, 2.75) is 81.0 Å². The molecule has 8 nitrogen and oxygen atoms in total. The first-order chi connectivity index (χ1) is 18.8. The van der Waals surface area contributed by atoms with Gasteiger partial charge in [-0.2, -0.15) is 0 Å². The van der Waals surface area contributed by atoms with E-state index in [0.29, 0.717) is 11.5 Å². The SMILES string of the molecule is Cc1cc(-c2nc3cc(C[As][C@H](C(=O)OC4CCCC4)[C@@H](C)O)ccc3n2CC2CCOCC2)cn(C)c1=O. The van der Waals surface area contributed by atoms with E-state index in [4.69, 9.17) is 14.5 Å². The number of aromatic nitrogens is 3. The molecule has 0 unspecified atom stereocenters. The fraction of sp³-hybridized carbons (Fsp3) is 0.567. The number of esters is 1. The quantitative estimate of drug-likeness (QED) is 0.297. The summed E-state index contributed by atoms with van der Waals surface area (Å²) in [4.78, 5) is 30.3. The Kier molecular flexibility index (Phi) is 8.95. The second-order valence-electron chi connectivity index (χ2n) is 11.1. The Morgan fingerprint density at radius 3 is 2.64 bits per heavy atom. The van der Waals surface area contributed by atoms with Gasteiger partial charge in [-0.05, 0) is 0 Å². The van der Waals surface area contributed by atoms with Gasteiger partial charge in [0.1, 0.15) is 0 Å². The molecule has 2 aliphatic rings. The van der Waals surface area contributed by atoms with Gasteiger partial charge in [0.15, 0.2) is 0 Å². The minimum atomic E-state index is -0.721. The number of aryl methyl sites for hydroxylation is 2. The molecule has 1 aliphatic carbocycles. The van der Waals surface area contributed by atoms with Crippen molar-refractivity contribution in [2.75, 3.05) is 13.2 Å². The van der Waals surface area contributed by atoms with Gasteiger partial charge in [0, 0.05) is 0 Å². The number of aliphatic hydroxyl groups excluding tert-OH is 1. The summed E-state index contributed by atoms with van der Waals surface area (Å²) in [6, 6.07) is 8.30. The van der Waals surface area contributed by atoms with Gasteiger partial charge in [-0.1, -0.05) is 0 Å². The molecule has 5 rings (SSSR count). The van der Waals surface area contributed by atoms with Crippen molar-refractivity contribution in [1.29, 1.82) is 0 Å². The van der Waals surface area contributed by atoms with E-state index in [1.807, 2.05) is 19.2 Å². The Bertz CT molecular complexity index is 1340. The van der Waals surface area contributed by atoms with Gasteiger partial charge in [0.25, 0.3) is 0 Å². The summed E-state index contributed by atoms with van der Waals surface area (Å²) < 4.78 is 14.8. The molecule has 9 heteroatoms. The van der Waals surface area contributed by atoms with Crippen molar-refractivity contribution in [3.8, 4) is 11.4 Å². The minimum absolute atomic E-state index is 0.00408. The van der Waals surface area contributed by atoms with Crippen LogP contribution in [-0.2, 0) is 33.1 Å². The van der Waals surface area contributed by atoms with Crippen LogP contribution in [0.3, 0.4) is 0 Å². The molecule has 2 atom stereocenters. The van der Waals surface area contributed by atoms with E-state index < -0.39 is 26.6 Å². The Hall–Kier alpha value is -2.41. The number of imidazole rings is 1. The van der Waals surface area contributed by atoms with E-state index >= 15 is 0 Å². The molecule has 1 aromatic carbocycles. The summed E-state index contributed by atoms with van der Waals surface area (Å²) in [5.41, 5.74) is 4.70. The molecule has 1 aliphatic heterocycles. The third kappa shape index (κ3) is 6.50. The van der Waals surface area contributed by atoms with Crippen LogP contribution in [0.15, 0.2) is 35.3 Å². The van der Waals surface area contributed by atoms with Crippen molar-refractivity contribution in [3.05, 3.63) is 51.9 Å². The number of nitrogens with zero attached hydrogens (tertiary/aromatic N) is 3. The van der Waals surface area contributed by atoms with Crippen molar-refractivity contribution < 1.29 is 19.4 Å². The second kappa shape index (κ2) is 12.4. The summed E-state index contributed by atoms with van der Waals surface area (Å²) in [5, 5.41) is 11.1. The normalized spacial score (nSPS) is 18.8. The maximum atomic E-state index is 12.8. The molecule has 0 bridgehead atoms. The van der Waals surface area contributed by atoms with Crippen LogP contribution >= 0.6 is 0 Å². The zero-order chi connectivity index (χ0) is 27.5. The monoisotopic (exact) mass is 596 g/mol. The Balaban J connectivity index is 1.41. The number of hydrogen-bond acceptors (Lipinski definition) is 6. The molecule has 39 heavy (non-hydrogen) atoms. The van der Waals surface area contributed by atoms with E-state index in [9.17, 15) is 14.7 Å². The van der Waals surface area contributed by atoms with Gasteiger partial charge in [0.2, 0.25) is 0 Å². The molecule has 3 heterocycles. The molecule has 1 saturated heterocycles. The molecule has 209 valence electrons. The summed E-state index contributed by atoms with van der Waals surface area (Å²) in [6.07, 6.45) is 7.26. The molecule has 2 fully saturated rings. The molecule has 3 aromatic rings. The van der Waals surface area contributed by atoms with Crippen LogP contribution in [0.2, 0.25) is 4.71 Å². The van der Waals surface area contributed by atoms with Crippen molar-refractivity contribution in [3.63, 3.8) is 0 Å². The second-order valence-corrected chi connectivity index (χ2v) is 13.7. The first-order valence-corrected chi connectivity index (χ1v) is 16.5. The van der Waals surface area contributed by atoms with Crippen LogP contribution in [0, 0.1) is 12.8 Å². The van der Waals surface area contributed by atoms with E-state index in [-0.39, 0.29) is 17.6 Å². The summed E-state index contributed by atoms with van der Waals surface area (Å²) in [5.74, 6) is 1.12. The van der Waals surface area contributed by atoms with Crippen molar-refractivity contribution >= 4 is 32.8 Å². The fourth-order valence-corrected chi connectivity index (χ4v) is 8.08. The predicted octanol–water partition coefficient (Wildman–Crippen LogP) is 4.00. The molecular formula is C30H39AsN3O5. The number of aliphatic hydroxyl groups is 1. The molecule has 1 saturated carbocycles. The van der Waals surface area contributed by atoms with Gasteiger partial charge >= 0.3 is 237 Å². The van der Waals surface area contributed by atoms with Crippen LogP contribution in [0.25, 0.3) is 22.4 Å². The predicted molar refractivity (Wildman–Crippen MR) is 152 cm³/mol. The van der Waals surface area contributed by atoms with E-state index in [1.54, 1.807) is 18.5 Å². The van der Waals surface area contributed by atoms with E-state index in [2.05, 4.69) is 22.8 Å². The number of hydrogen-bond donors (Lipinski definition) is 1. The number of rotatable bonds is 9. The third-order valence-corrected chi connectivity index (χ3v) is 11.3. The van der Waals surface area contributed by atoms with Crippen LogP contribution in [0.5, 0.6) is 0 Å². The van der Waals surface area contributed by atoms with Crippen LogP contribution < -0.4 is 5.56 Å². The maximum absolute atomic E-state index is 12.8. The standard InChI is InChI=1S/C30H39AsN3O5/c1-19-14-23(18-33(3)29(19)36)28-32-25-15-22(8-9-26(25)34(28)17-21-10-12-38-13-11-21)16-31-27(20(2)35)30(37)39-24-6-4-5-7-24/h8-9,14-15,18,20-21,24,27,35H,4-7,10-13,16-17H2,1-3H3/t20-,27+/m1/s1. The molecule has 1 radical (unpaired) electrons. The van der Waals surface area contributed by atoms with Crippen LogP contribution in [-0.4, -0.2) is 66.4 Å². The van der Waals surface area contributed by atoms with Crippen molar-refractivity contribution in [1.82, 2.24) is 14.1 Å². The van der Waals surface area contributed by atoms with Gasteiger partial charge < -0.3 is 0 Å². The number of ether oxygens (including phenoxy) is 2. The van der Waals surface area contributed by atoms with Gasteiger partial charge in [-0.15, -0.1) is 0 Å². The van der Waals surface area contributed by atoms with E-state index in [1.165, 1.54) is 0 Å². The molecule has 0 amide bonds. The summed E-state index contributed by atoms with van der Waals surface area (Å²) in [7, 11) is 1.78. The molecule has 2 aromatic heterocycles.